The number of fused-ring (bicyclic) bond motifs is 1. The average molecular weight is 445 g/mol. The fourth-order valence-corrected chi connectivity index (χ4v) is 3.96. The molecule has 0 fully saturated rings. The maximum absolute atomic E-state index is 12.4. The van der Waals surface area contributed by atoms with Crippen LogP contribution < -0.4 is 20.1 Å². The maximum Gasteiger partial charge on any atom is 0.293 e. The molecule has 0 radical (unpaired) electrons. The molecule has 2 aromatic carbocycles. The van der Waals surface area contributed by atoms with Crippen LogP contribution in [0.15, 0.2) is 71.3 Å². The minimum absolute atomic E-state index is 0.00617. The van der Waals surface area contributed by atoms with Crippen LogP contribution in [0.1, 0.15) is 40.2 Å². The number of nitrogens with zero attached hydrogens (tertiary/aromatic N) is 3. The Balaban J connectivity index is 1.48. The number of anilines is 2. The lowest BCUT2D eigenvalue weighted by Gasteiger charge is -2.31. The molecule has 2 aromatic heterocycles. The first kappa shape index (κ1) is 20.6. The first-order valence-electron chi connectivity index (χ1n) is 10.5. The minimum atomic E-state index is -0.407. The molecule has 0 spiro atoms. The van der Waals surface area contributed by atoms with Gasteiger partial charge in [0.15, 0.2) is 5.76 Å². The van der Waals surface area contributed by atoms with E-state index in [9.17, 15) is 4.79 Å². The van der Waals surface area contributed by atoms with Crippen molar-refractivity contribution in [2.45, 2.75) is 18.5 Å². The van der Waals surface area contributed by atoms with Crippen LogP contribution in [0.25, 0.3) is 0 Å². The zero-order valence-electron chi connectivity index (χ0n) is 18.2. The van der Waals surface area contributed by atoms with Crippen molar-refractivity contribution in [1.82, 2.24) is 14.8 Å². The summed E-state index contributed by atoms with van der Waals surface area (Å²) >= 11 is 0. The van der Waals surface area contributed by atoms with E-state index in [-0.39, 0.29) is 23.8 Å². The number of carbonyl (C=O) groups excluding carboxylic acids is 1. The Morgan fingerprint density at radius 1 is 1.03 bits per heavy atom. The smallest absolute Gasteiger partial charge is 0.293 e. The number of ether oxygens (including phenoxy) is 2. The molecule has 2 N–H and O–H groups in total. The summed E-state index contributed by atoms with van der Waals surface area (Å²) in [5.41, 5.74) is 2.16. The molecular weight excluding hydrogens is 422 g/mol. The van der Waals surface area contributed by atoms with E-state index in [0.717, 1.165) is 29.0 Å². The van der Waals surface area contributed by atoms with E-state index < -0.39 is 5.91 Å². The SMILES string of the molecule is COc1ccc([C@H]2C[C@H](c3ccc(OC)cc3)Nc3nc(NC(=O)c4ccco4)nn32)cc1. The van der Waals surface area contributed by atoms with Gasteiger partial charge in [-0.2, -0.15) is 4.98 Å². The summed E-state index contributed by atoms with van der Waals surface area (Å²) in [4.78, 5) is 17.0. The van der Waals surface area contributed by atoms with Gasteiger partial charge in [0.05, 0.1) is 32.6 Å². The third-order valence-corrected chi connectivity index (χ3v) is 5.68. The molecule has 0 saturated carbocycles. The van der Waals surface area contributed by atoms with E-state index in [1.807, 2.05) is 48.5 Å². The van der Waals surface area contributed by atoms with Crippen LogP contribution in [0.2, 0.25) is 0 Å². The van der Waals surface area contributed by atoms with Crippen molar-refractivity contribution in [1.29, 1.82) is 0 Å². The molecule has 33 heavy (non-hydrogen) atoms. The molecule has 168 valence electrons. The van der Waals surface area contributed by atoms with Crippen molar-refractivity contribution in [2.75, 3.05) is 24.9 Å². The highest BCUT2D eigenvalue weighted by atomic mass is 16.5. The Kier molecular flexibility index (Phi) is 5.43. The van der Waals surface area contributed by atoms with Gasteiger partial charge in [0.2, 0.25) is 5.95 Å². The minimum Gasteiger partial charge on any atom is -0.497 e. The molecule has 2 atom stereocenters. The van der Waals surface area contributed by atoms with E-state index in [4.69, 9.17) is 13.9 Å². The Hall–Kier alpha value is -4.27. The van der Waals surface area contributed by atoms with Gasteiger partial charge in [0, 0.05) is 0 Å². The summed E-state index contributed by atoms with van der Waals surface area (Å²) < 4.78 is 17.6. The van der Waals surface area contributed by atoms with Crippen LogP contribution >= 0.6 is 0 Å². The number of benzene rings is 2. The zero-order chi connectivity index (χ0) is 22.8. The maximum atomic E-state index is 12.4. The van der Waals surface area contributed by atoms with E-state index in [2.05, 4.69) is 20.7 Å². The van der Waals surface area contributed by atoms with Gasteiger partial charge in [-0.05, 0) is 53.9 Å². The highest BCUT2D eigenvalue weighted by Crippen LogP contribution is 2.39. The summed E-state index contributed by atoms with van der Waals surface area (Å²) in [6, 6.07) is 19.0. The second-order valence-electron chi connectivity index (χ2n) is 7.63. The summed E-state index contributed by atoms with van der Waals surface area (Å²) in [5.74, 6) is 2.14. The number of furan rings is 1. The van der Waals surface area contributed by atoms with E-state index in [1.165, 1.54) is 6.26 Å². The number of hydrogen-bond acceptors (Lipinski definition) is 7. The number of amides is 1. The van der Waals surface area contributed by atoms with Crippen molar-refractivity contribution >= 4 is 17.8 Å². The standard InChI is InChI=1S/C24H23N5O4/c1-31-17-9-5-15(6-10-17)19-14-20(16-7-11-18(32-2)12-8-16)29-24(25-19)27-23(28-29)26-22(30)21-4-3-13-33-21/h3-13,19-20H,14H2,1-2H3,(H2,25,26,27,28,30)/t19-,20-/m1/s1. The van der Waals surface area contributed by atoms with Crippen LogP contribution in [0.4, 0.5) is 11.9 Å². The molecule has 0 unspecified atom stereocenters. The third-order valence-electron chi connectivity index (χ3n) is 5.68. The molecule has 5 rings (SSSR count). The van der Waals surface area contributed by atoms with Crippen molar-refractivity contribution in [2.24, 2.45) is 0 Å². The molecule has 3 heterocycles. The van der Waals surface area contributed by atoms with Gasteiger partial charge in [-0.15, -0.1) is 5.10 Å². The average Bonchev–Trinajstić information content (AvgIpc) is 3.53. The number of hydrogen-bond donors (Lipinski definition) is 2. The van der Waals surface area contributed by atoms with Gasteiger partial charge in [0.1, 0.15) is 11.5 Å². The summed E-state index contributed by atoms with van der Waals surface area (Å²) in [7, 11) is 3.29. The topological polar surface area (TPSA) is 103 Å². The largest absolute Gasteiger partial charge is 0.497 e. The van der Waals surface area contributed by atoms with Gasteiger partial charge in [-0.1, -0.05) is 24.3 Å². The predicted octanol–water partition coefficient (Wildman–Crippen LogP) is 4.29. The third kappa shape index (κ3) is 4.12. The molecule has 0 saturated heterocycles. The molecule has 1 aliphatic heterocycles. The number of carbonyl (C=O) groups is 1. The second kappa shape index (κ2) is 8.70. The summed E-state index contributed by atoms with van der Waals surface area (Å²) in [5, 5.41) is 10.7. The molecule has 1 amide bonds. The van der Waals surface area contributed by atoms with Crippen molar-refractivity contribution in [3.8, 4) is 11.5 Å². The number of rotatable bonds is 6. The van der Waals surface area contributed by atoms with Gasteiger partial charge < -0.3 is 19.2 Å². The van der Waals surface area contributed by atoms with E-state index in [0.29, 0.717) is 5.95 Å². The summed E-state index contributed by atoms with van der Waals surface area (Å²) in [6.45, 7) is 0. The fourth-order valence-electron chi connectivity index (χ4n) is 3.96. The van der Waals surface area contributed by atoms with Crippen molar-refractivity contribution in [3.63, 3.8) is 0 Å². The van der Waals surface area contributed by atoms with E-state index >= 15 is 0 Å². The van der Waals surface area contributed by atoms with Crippen molar-refractivity contribution in [3.05, 3.63) is 83.8 Å². The first-order valence-corrected chi connectivity index (χ1v) is 10.5. The Morgan fingerprint density at radius 3 is 2.30 bits per heavy atom. The zero-order valence-corrected chi connectivity index (χ0v) is 18.2. The Labute approximate surface area is 190 Å². The number of methoxy groups -OCH3 is 2. The van der Waals surface area contributed by atoms with E-state index in [1.54, 1.807) is 31.0 Å². The highest BCUT2D eigenvalue weighted by molar-refractivity contribution is 6.01. The molecule has 9 nitrogen and oxygen atoms in total. The van der Waals surface area contributed by atoms with Gasteiger partial charge >= 0.3 is 0 Å². The molecule has 0 aliphatic carbocycles. The normalized spacial score (nSPS) is 17.0. The quantitative estimate of drug-likeness (QED) is 0.456. The van der Waals surface area contributed by atoms with Crippen LogP contribution in [-0.4, -0.2) is 34.9 Å². The lowest BCUT2D eigenvalue weighted by atomic mass is 9.93. The van der Waals surface area contributed by atoms with Crippen LogP contribution in [0.5, 0.6) is 11.5 Å². The molecule has 9 heteroatoms. The highest BCUT2D eigenvalue weighted by Gasteiger charge is 2.31. The molecule has 4 aromatic rings. The van der Waals surface area contributed by atoms with Crippen molar-refractivity contribution < 1.29 is 18.7 Å². The van der Waals surface area contributed by atoms with Crippen LogP contribution in [-0.2, 0) is 0 Å². The van der Waals surface area contributed by atoms with Crippen LogP contribution in [0.3, 0.4) is 0 Å². The Morgan fingerprint density at radius 2 is 1.70 bits per heavy atom. The number of nitrogens with one attached hydrogen (secondary N) is 2. The predicted molar refractivity (Wildman–Crippen MR) is 122 cm³/mol. The first-order chi connectivity index (χ1) is 16.1. The van der Waals surface area contributed by atoms with Gasteiger partial charge in [-0.25, -0.2) is 4.68 Å². The molecule has 1 aliphatic rings. The summed E-state index contributed by atoms with van der Waals surface area (Å²) in [6.07, 6.45) is 2.18. The van der Waals surface area contributed by atoms with Gasteiger partial charge in [-0.3, -0.25) is 10.1 Å². The van der Waals surface area contributed by atoms with Crippen LogP contribution in [0, 0.1) is 0 Å². The fraction of sp³-hybridized carbons (Fsp3) is 0.208. The Bertz CT molecular complexity index is 1230. The lowest BCUT2D eigenvalue weighted by Crippen LogP contribution is -2.28. The molecule has 0 bridgehead atoms. The number of aromatic nitrogens is 3. The second-order valence-corrected chi connectivity index (χ2v) is 7.63. The van der Waals surface area contributed by atoms with Gasteiger partial charge in [0.25, 0.3) is 11.9 Å². The monoisotopic (exact) mass is 445 g/mol. The lowest BCUT2D eigenvalue weighted by molar-refractivity contribution is 0.0995. The molecular formula is C24H23N5O4.